The zero-order chi connectivity index (χ0) is 19.9. The molecule has 0 aliphatic heterocycles. The lowest BCUT2D eigenvalue weighted by atomic mass is 9.43. The summed E-state index contributed by atoms with van der Waals surface area (Å²) >= 11 is 0. The maximum Gasteiger partial charge on any atom is 0.0257 e. The summed E-state index contributed by atoms with van der Waals surface area (Å²) in [5.41, 5.74) is 9.98. The monoisotopic (exact) mass is 388 g/mol. The summed E-state index contributed by atoms with van der Waals surface area (Å²) in [5, 5.41) is 7.68. The van der Waals surface area contributed by atoms with Crippen molar-refractivity contribution in [2.45, 2.75) is 122 Å². The van der Waals surface area contributed by atoms with E-state index in [9.17, 15) is 0 Å². The van der Waals surface area contributed by atoms with Gasteiger partial charge in [0.2, 0.25) is 0 Å². The first-order valence-corrected chi connectivity index (χ1v) is 12.2. The van der Waals surface area contributed by atoms with Crippen LogP contribution in [0, 0.1) is 16.7 Å². The molecule has 0 amide bonds. The fourth-order valence-corrected chi connectivity index (χ4v) is 7.76. The standard InChI is InChI=1S/C24H44N4/c1-22-15-21-16-23(2,18-22)20-24(17-21,19-22)26-13-11-9-7-5-3-4-6-8-10-12-14-27-28-25/h21,26H,3-20H2,1-2H3/t21?,22-,23+,24?. The van der Waals surface area contributed by atoms with Crippen molar-refractivity contribution >= 4 is 0 Å². The molecule has 4 fully saturated rings. The molecule has 28 heavy (non-hydrogen) atoms. The van der Waals surface area contributed by atoms with Crippen LogP contribution in [-0.2, 0) is 0 Å². The average molecular weight is 389 g/mol. The number of hydrogen-bond acceptors (Lipinski definition) is 2. The van der Waals surface area contributed by atoms with Crippen molar-refractivity contribution < 1.29 is 0 Å². The summed E-state index contributed by atoms with van der Waals surface area (Å²) in [7, 11) is 0. The van der Waals surface area contributed by atoms with Gasteiger partial charge >= 0.3 is 0 Å². The topological polar surface area (TPSA) is 60.8 Å². The number of azide groups is 1. The Kier molecular flexibility index (Phi) is 7.73. The zero-order valence-electron chi connectivity index (χ0n) is 18.6. The molecule has 0 aromatic heterocycles. The molecule has 0 aromatic rings. The minimum atomic E-state index is 0.488. The highest BCUT2D eigenvalue weighted by Gasteiger charge is 2.59. The van der Waals surface area contributed by atoms with Gasteiger partial charge in [-0.25, -0.2) is 0 Å². The van der Waals surface area contributed by atoms with Crippen LogP contribution in [0.5, 0.6) is 0 Å². The molecule has 4 bridgehead atoms. The summed E-state index contributed by atoms with van der Waals surface area (Å²) in [6, 6.07) is 0. The van der Waals surface area contributed by atoms with E-state index in [0.29, 0.717) is 22.9 Å². The maximum atomic E-state index is 8.24. The Bertz CT molecular complexity index is 521. The lowest BCUT2D eigenvalue weighted by Gasteiger charge is -2.65. The Balaban J connectivity index is 1.19. The van der Waals surface area contributed by atoms with E-state index in [2.05, 4.69) is 29.2 Å². The normalized spacial score (nSPS) is 35.9. The summed E-state index contributed by atoms with van der Waals surface area (Å²) in [6.45, 7) is 7.06. The van der Waals surface area contributed by atoms with Gasteiger partial charge in [-0.1, -0.05) is 70.3 Å². The van der Waals surface area contributed by atoms with Gasteiger partial charge in [0.05, 0.1) is 0 Å². The smallest absolute Gasteiger partial charge is 0.0257 e. The highest BCUT2D eigenvalue weighted by Crippen LogP contribution is 2.66. The van der Waals surface area contributed by atoms with Gasteiger partial charge < -0.3 is 5.32 Å². The number of rotatable bonds is 14. The van der Waals surface area contributed by atoms with E-state index in [-0.39, 0.29) is 0 Å². The van der Waals surface area contributed by atoms with Crippen LogP contribution >= 0.6 is 0 Å². The molecule has 4 saturated carbocycles. The van der Waals surface area contributed by atoms with E-state index in [1.807, 2.05) is 0 Å². The largest absolute Gasteiger partial charge is 0.311 e. The van der Waals surface area contributed by atoms with Crippen molar-refractivity contribution in [2.75, 3.05) is 13.1 Å². The number of unbranched alkanes of at least 4 members (excludes halogenated alkanes) is 9. The second kappa shape index (κ2) is 9.85. The van der Waals surface area contributed by atoms with Crippen LogP contribution in [0.1, 0.15) is 117 Å². The van der Waals surface area contributed by atoms with Crippen molar-refractivity contribution in [2.24, 2.45) is 21.9 Å². The zero-order valence-corrected chi connectivity index (χ0v) is 18.6. The van der Waals surface area contributed by atoms with Gasteiger partial charge in [0.25, 0.3) is 0 Å². The molecule has 4 rings (SSSR count). The lowest BCUT2D eigenvalue weighted by molar-refractivity contribution is -0.117. The van der Waals surface area contributed by atoms with Crippen LogP contribution in [0.3, 0.4) is 0 Å². The molecule has 0 spiro atoms. The van der Waals surface area contributed by atoms with Gasteiger partial charge in [0.15, 0.2) is 0 Å². The van der Waals surface area contributed by atoms with Crippen LogP contribution in [0.15, 0.2) is 5.11 Å². The van der Waals surface area contributed by atoms with E-state index >= 15 is 0 Å². The second-order valence-corrected chi connectivity index (χ2v) is 11.3. The van der Waals surface area contributed by atoms with Gasteiger partial charge in [-0.3, -0.25) is 0 Å². The first kappa shape index (κ1) is 22.0. The third-order valence-corrected chi connectivity index (χ3v) is 7.87. The van der Waals surface area contributed by atoms with E-state index in [0.717, 1.165) is 12.3 Å². The molecule has 1 N–H and O–H groups in total. The highest BCUT2D eigenvalue weighted by molar-refractivity contribution is 5.14. The molecular formula is C24H44N4. The average Bonchev–Trinajstić information content (AvgIpc) is 2.59. The van der Waals surface area contributed by atoms with E-state index in [1.54, 1.807) is 0 Å². The Morgan fingerprint density at radius 2 is 1.32 bits per heavy atom. The maximum absolute atomic E-state index is 8.24. The van der Waals surface area contributed by atoms with Crippen molar-refractivity contribution in [3.8, 4) is 0 Å². The lowest BCUT2D eigenvalue weighted by Crippen LogP contribution is -2.64. The van der Waals surface area contributed by atoms with Gasteiger partial charge in [-0.15, -0.1) is 0 Å². The molecule has 4 nitrogen and oxygen atoms in total. The van der Waals surface area contributed by atoms with Crippen LogP contribution in [-0.4, -0.2) is 18.6 Å². The predicted octanol–water partition coefficient (Wildman–Crippen LogP) is 7.54. The number of hydrogen-bond donors (Lipinski definition) is 1. The molecule has 2 unspecified atom stereocenters. The first-order chi connectivity index (χ1) is 13.5. The Morgan fingerprint density at radius 1 is 0.786 bits per heavy atom. The Morgan fingerprint density at radius 3 is 1.86 bits per heavy atom. The summed E-state index contributed by atoms with van der Waals surface area (Å²) in [4.78, 5) is 2.80. The summed E-state index contributed by atoms with van der Waals surface area (Å²) in [5.74, 6) is 0.998. The van der Waals surface area contributed by atoms with Gasteiger partial charge in [-0.05, 0) is 80.2 Å². The molecule has 160 valence electrons. The number of nitrogens with one attached hydrogen (secondary N) is 1. The predicted molar refractivity (Wildman–Crippen MR) is 118 cm³/mol. The third-order valence-electron chi connectivity index (χ3n) is 7.87. The van der Waals surface area contributed by atoms with E-state index < -0.39 is 0 Å². The molecule has 4 heteroatoms. The third kappa shape index (κ3) is 6.13. The minimum absolute atomic E-state index is 0.488. The molecule has 0 aromatic carbocycles. The Labute approximate surface area is 173 Å². The van der Waals surface area contributed by atoms with Crippen molar-refractivity contribution in [1.29, 1.82) is 0 Å². The van der Waals surface area contributed by atoms with Crippen molar-refractivity contribution in [1.82, 2.24) is 5.32 Å². The molecule has 0 saturated heterocycles. The second-order valence-electron chi connectivity index (χ2n) is 11.3. The first-order valence-electron chi connectivity index (χ1n) is 12.2. The molecule has 0 heterocycles. The SMILES string of the molecule is C[C@]12CC3CC(NCCCCCCCCCCCCN=[N+]=[N-])(C1)C[C@@](C)(C3)C2. The molecule has 4 aliphatic carbocycles. The van der Waals surface area contributed by atoms with Crippen LogP contribution in [0.25, 0.3) is 10.4 Å². The summed E-state index contributed by atoms with van der Waals surface area (Å²) in [6.07, 6.45) is 22.1. The van der Waals surface area contributed by atoms with E-state index in [4.69, 9.17) is 5.53 Å². The highest BCUT2D eigenvalue weighted by atomic mass is 15.1. The molecule has 4 atom stereocenters. The quantitative estimate of drug-likeness (QED) is 0.142. The van der Waals surface area contributed by atoms with Gasteiger partial charge in [0.1, 0.15) is 0 Å². The van der Waals surface area contributed by atoms with Gasteiger partial charge in [0, 0.05) is 17.0 Å². The fourth-order valence-electron chi connectivity index (χ4n) is 7.76. The van der Waals surface area contributed by atoms with Crippen molar-refractivity contribution in [3.63, 3.8) is 0 Å². The van der Waals surface area contributed by atoms with Crippen LogP contribution < -0.4 is 5.32 Å². The molecular weight excluding hydrogens is 344 g/mol. The number of nitrogens with zero attached hydrogens (tertiary/aromatic N) is 3. The molecule has 4 aliphatic rings. The van der Waals surface area contributed by atoms with E-state index in [1.165, 1.54) is 103 Å². The minimum Gasteiger partial charge on any atom is -0.311 e. The Hall–Kier alpha value is -0.730. The molecule has 0 radical (unpaired) electrons. The fraction of sp³-hybridized carbons (Fsp3) is 1.00. The van der Waals surface area contributed by atoms with Gasteiger partial charge in [-0.2, -0.15) is 0 Å². The van der Waals surface area contributed by atoms with Crippen LogP contribution in [0.4, 0.5) is 0 Å². The van der Waals surface area contributed by atoms with Crippen LogP contribution in [0.2, 0.25) is 0 Å². The summed E-state index contributed by atoms with van der Waals surface area (Å²) < 4.78 is 0. The van der Waals surface area contributed by atoms with Crippen molar-refractivity contribution in [3.05, 3.63) is 10.4 Å².